The minimum atomic E-state index is 0.271. The molecule has 0 aromatic heterocycles. The molecule has 1 aliphatic carbocycles. The summed E-state index contributed by atoms with van der Waals surface area (Å²) >= 11 is 0. The van der Waals surface area contributed by atoms with Crippen LogP contribution in [0, 0.1) is 6.92 Å². The summed E-state index contributed by atoms with van der Waals surface area (Å²) in [5.41, 5.74) is 9.56. The van der Waals surface area contributed by atoms with Gasteiger partial charge in [0.15, 0.2) is 0 Å². The number of aryl methyl sites for hydroxylation is 1. The quantitative estimate of drug-likeness (QED) is 0.600. The predicted molar refractivity (Wildman–Crippen MR) is 111 cm³/mol. The topological polar surface area (TPSA) is 40.5 Å². The second-order valence-electron chi connectivity index (χ2n) is 7.61. The Morgan fingerprint density at radius 3 is 2.22 bits per heavy atom. The van der Waals surface area contributed by atoms with Crippen LogP contribution < -0.4 is 0 Å². The average molecular weight is 356 g/mol. The number of rotatable bonds is 3. The molecule has 3 aromatic rings. The maximum absolute atomic E-state index is 10.3. The number of phenolic OH excluding ortho intramolecular Hbond substituents is 2. The summed E-state index contributed by atoms with van der Waals surface area (Å²) in [6.45, 7) is 6.48. The van der Waals surface area contributed by atoms with Crippen LogP contribution in [0.15, 0.2) is 60.7 Å². The lowest BCUT2D eigenvalue weighted by Crippen LogP contribution is -1.98. The molecule has 0 fully saturated rings. The van der Waals surface area contributed by atoms with Gasteiger partial charge in [0.25, 0.3) is 0 Å². The molecule has 0 saturated carbocycles. The zero-order chi connectivity index (χ0) is 19.1. The molecule has 1 aliphatic rings. The molecule has 2 heteroatoms. The van der Waals surface area contributed by atoms with Crippen molar-refractivity contribution in [2.75, 3.05) is 0 Å². The van der Waals surface area contributed by atoms with Crippen molar-refractivity contribution < 1.29 is 10.2 Å². The number of hydrogen-bond acceptors (Lipinski definition) is 2. The normalized spacial score (nSPS) is 13.3. The van der Waals surface area contributed by atoms with Crippen molar-refractivity contribution in [3.05, 3.63) is 94.0 Å². The van der Waals surface area contributed by atoms with Gasteiger partial charge >= 0.3 is 0 Å². The molecule has 2 nitrogen and oxygen atoms in total. The summed E-state index contributed by atoms with van der Waals surface area (Å²) < 4.78 is 0. The summed E-state index contributed by atoms with van der Waals surface area (Å²) in [5, 5.41) is 20.0. The van der Waals surface area contributed by atoms with Crippen molar-refractivity contribution >= 4 is 11.1 Å². The van der Waals surface area contributed by atoms with E-state index in [0.29, 0.717) is 11.7 Å². The second-order valence-corrected chi connectivity index (χ2v) is 7.61. The Hall–Kier alpha value is -3.00. The summed E-state index contributed by atoms with van der Waals surface area (Å²) in [5.74, 6) is 0.975. The summed E-state index contributed by atoms with van der Waals surface area (Å²) in [4.78, 5) is 0. The maximum atomic E-state index is 10.3. The van der Waals surface area contributed by atoms with Crippen LogP contribution in [0.4, 0.5) is 0 Å². The van der Waals surface area contributed by atoms with Gasteiger partial charge in [0.05, 0.1) is 0 Å². The summed E-state index contributed by atoms with van der Waals surface area (Å²) in [6, 6.07) is 19.7. The highest BCUT2D eigenvalue weighted by molar-refractivity contribution is 6.05. The fourth-order valence-corrected chi connectivity index (χ4v) is 4.13. The first-order chi connectivity index (χ1) is 13.0. The van der Waals surface area contributed by atoms with Gasteiger partial charge < -0.3 is 10.2 Å². The Balaban J connectivity index is 2.03. The van der Waals surface area contributed by atoms with Gasteiger partial charge in [-0.2, -0.15) is 0 Å². The Labute approximate surface area is 160 Å². The molecule has 0 amide bonds. The van der Waals surface area contributed by atoms with Crippen molar-refractivity contribution in [1.82, 2.24) is 0 Å². The van der Waals surface area contributed by atoms with E-state index in [1.54, 1.807) is 12.1 Å². The molecule has 0 atom stereocenters. The molecular formula is C25H24O2. The highest BCUT2D eigenvalue weighted by Crippen LogP contribution is 2.46. The van der Waals surface area contributed by atoms with Crippen molar-refractivity contribution in [1.29, 1.82) is 0 Å². The fourth-order valence-electron chi connectivity index (χ4n) is 4.13. The van der Waals surface area contributed by atoms with Crippen LogP contribution in [-0.2, 0) is 6.42 Å². The summed E-state index contributed by atoms with van der Waals surface area (Å²) in [6.07, 6.45) is 0.827. The van der Waals surface area contributed by atoms with E-state index in [-0.39, 0.29) is 5.75 Å². The number of fused-ring (bicyclic) bond motifs is 1. The van der Waals surface area contributed by atoms with Gasteiger partial charge in [-0.3, -0.25) is 0 Å². The lowest BCUT2D eigenvalue weighted by Gasteiger charge is -2.17. The average Bonchev–Trinajstić information content (AvgIpc) is 3.01. The maximum Gasteiger partial charge on any atom is 0.116 e. The first-order valence-corrected chi connectivity index (χ1v) is 9.40. The number of allylic oxidation sites excluding steroid dienone is 1. The van der Waals surface area contributed by atoms with Gasteiger partial charge in [-0.05, 0) is 88.1 Å². The van der Waals surface area contributed by atoms with Gasteiger partial charge in [-0.25, -0.2) is 0 Å². The van der Waals surface area contributed by atoms with Crippen molar-refractivity contribution in [2.24, 2.45) is 0 Å². The smallest absolute Gasteiger partial charge is 0.116 e. The van der Waals surface area contributed by atoms with E-state index in [9.17, 15) is 10.2 Å². The monoisotopic (exact) mass is 356 g/mol. The van der Waals surface area contributed by atoms with Crippen LogP contribution in [0.5, 0.6) is 11.5 Å². The first-order valence-electron chi connectivity index (χ1n) is 9.40. The van der Waals surface area contributed by atoms with E-state index in [1.165, 1.54) is 27.8 Å². The molecule has 4 rings (SSSR count). The van der Waals surface area contributed by atoms with Gasteiger partial charge in [0.1, 0.15) is 11.5 Å². The van der Waals surface area contributed by atoms with Crippen LogP contribution >= 0.6 is 0 Å². The Kier molecular flexibility index (Phi) is 4.27. The van der Waals surface area contributed by atoms with Crippen LogP contribution in [0.1, 0.15) is 53.1 Å². The van der Waals surface area contributed by atoms with Gasteiger partial charge in [0.2, 0.25) is 0 Å². The highest BCUT2D eigenvalue weighted by atomic mass is 16.3. The van der Waals surface area contributed by atoms with Crippen LogP contribution in [0.3, 0.4) is 0 Å². The third-order valence-electron chi connectivity index (χ3n) is 5.45. The third-order valence-corrected chi connectivity index (χ3v) is 5.45. The molecule has 0 bridgehead atoms. The molecule has 0 saturated heterocycles. The molecule has 0 spiro atoms. The highest BCUT2D eigenvalue weighted by Gasteiger charge is 2.27. The molecule has 0 unspecified atom stereocenters. The van der Waals surface area contributed by atoms with Gasteiger partial charge in [-0.1, -0.05) is 50.2 Å². The molecule has 0 radical (unpaired) electrons. The van der Waals surface area contributed by atoms with Crippen LogP contribution in [0.25, 0.3) is 11.1 Å². The fraction of sp³-hybridized carbons (Fsp3) is 0.200. The minimum absolute atomic E-state index is 0.271. The van der Waals surface area contributed by atoms with Crippen molar-refractivity contribution in [2.45, 2.75) is 33.1 Å². The molecular weight excluding hydrogens is 332 g/mol. The largest absolute Gasteiger partial charge is 0.508 e. The molecule has 2 N–H and O–H groups in total. The zero-order valence-electron chi connectivity index (χ0n) is 16.0. The Morgan fingerprint density at radius 1 is 0.815 bits per heavy atom. The molecule has 0 aliphatic heterocycles. The van der Waals surface area contributed by atoms with E-state index in [0.717, 1.165) is 23.1 Å². The number of benzene rings is 3. The minimum Gasteiger partial charge on any atom is -0.508 e. The molecule has 3 aromatic carbocycles. The Morgan fingerprint density at radius 2 is 1.52 bits per heavy atom. The zero-order valence-corrected chi connectivity index (χ0v) is 16.0. The second kappa shape index (κ2) is 6.62. The third kappa shape index (κ3) is 3.02. The first kappa shape index (κ1) is 17.4. The van der Waals surface area contributed by atoms with E-state index in [1.807, 2.05) is 24.3 Å². The molecule has 27 heavy (non-hydrogen) atoms. The van der Waals surface area contributed by atoms with Crippen molar-refractivity contribution in [3.63, 3.8) is 0 Å². The van der Waals surface area contributed by atoms with E-state index >= 15 is 0 Å². The van der Waals surface area contributed by atoms with E-state index in [2.05, 4.69) is 45.0 Å². The Bertz CT molecular complexity index is 1040. The number of aromatic hydroxyl groups is 2. The lowest BCUT2D eigenvalue weighted by molar-refractivity contribution is 0.474. The summed E-state index contributed by atoms with van der Waals surface area (Å²) in [7, 11) is 0. The van der Waals surface area contributed by atoms with Crippen LogP contribution in [-0.4, -0.2) is 10.2 Å². The van der Waals surface area contributed by atoms with E-state index < -0.39 is 0 Å². The van der Waals surface area contributed by atoms with Crippen molar-refractivity contribution in [3.8, 4) is 11.5 Å². The lowest BCUT2D eigenvalue weighted by atomic mass is 9.87. The number of phenols is 2. The standard InChI is InChI=1S/C25H24O2/c1-15(2)20-6-4-5-7-21(20)25-23(17-8-10-18(26)11-9-17)14-22-16(3)12-19(27)13-24(22)25/h4-13,15,26-27H,14H2,1-3H3. The van der Waals surface area contributed by atoms with Gasteiger partial charge in [0, 0.05) is 0 Å². The van der Waals surface area contributed by atoms with Crippen LogP contribution in [0.2, 0.25) is 0 Å². The molecule has 0 heterocycles. The molecule has 136 valence electrons. The number of hydrogen-bond donors (Lipinski definition) is 2. The van der Waals surface area contributed by atoms with Gasteiger partial charge in [-0.15, -0.1) is 0 Å². The predicted octanol–water partition coefficient (Wildman–Crippen LogP) is 6.04. The van der Waals surface area contributed by atoms with E-state index in [4.69, 9.17) is 0 Å². The SMILES string of the molecule is Cc1cc(O)cc2c1CC(c1ccc(O)cc1)=C2c1ccccc1C(C)C.